The van der Waals surface area contributed by atoms with Gasteiger partial charge in [-0.25, -0.2) is 9.59 Å². The van der Waals surface area contributed by atoms with Crippen molar-refractivity contribution in [3.63, 3.8) is 0 Å². The molecule has 0 spiro atoms. The van der Waals surface area contributed by atoms with Crippen molar-refractivity contribution in [2.45, 2.75) is 64.5 Å². The number of carbonyl (C=O) groups excluding carboxylic acids is 1. The highest BCUT2D eigenvalue weighted by molar-refractivity contribution is 5.83. The molecule has 0 bridgehead atoms. The number of hydrogen-bond donors (Lipinski definition) is 2. The summed E-state index contributed by atoms with van der Waals surface area (Å²) in [6.45, 7) is 4.90. The summed E-state index contributed by atoms with van der Waals surface area (Å²) in [6.07, 6.45) is 5.79. The molecule has 0 aromatic heterocycles. The van der Waals surface area contributed by atoms with E-state index in [4.69, 9.17) is 5.11 Å². The van der Waals surface area contributed by atoms with E-state index in [1.807, 2.05) is 0 Å². The number of aliphatic carboxylic acids is 1. The van der Waals surface area contributed by atoms with Crippen LogP contribution in [0.15, 0.2) is 0 Å². The average Bonchev–Trinajstić information content (AvgIpc) is 2.80. The third-order valence-electron chi connectivity index (χ3n) is 4.60. The summed E-state index contributed by atoms with van der Waals surface area (Å²) in [7, 11) is 0. The molecule has 1 heterocycles. The highest BCUT2D eigenvalue weighted by atomic mass is 16.4. The molecule has 0 radical (unpaired) electrons. The molecule has 0 aromatic carbocycles. The Bertz CT molecular complexity index is 368. The molecule has 2 N–H and O–H groups in total. The summed E-state index contributed by atoms with van der Waals surface area (Å²) in [5, 5.41) is 12.2. The largest absolute Gasteiger partial charge is 0.480 e. The summed E-state index contributed by atoms with van der Waals surface area (Å²) in [5.74, 6) is -0.893. The number of nitrogens with one attached hydrogen (secondary N) is 1. The van der Waals surface area contributed by atoms with Crippen LogP contribution in [0.1, 0.15) is 52.4 Å². The van der Waals surface area contributed by atoms with Crippen LogP contribution in [0.3, 0.4) is 0 Å². The topological polar surface area (TPSA) is 69.6 Å². The van der Waals surface area contributed by atoms with Crippen molar-refractivity contribution in [2.75, 3.05) is 6.54 Å². The van der Waals surface area contributed by atoms with Crippen LogP contribution in [0.4, 0.5) is 4.79 Å². The van der Waals surface area contributed by atoms with Crippen molar-refractivity contribution in [3.8, 4) is 0 Å². The number of carboxylic acid groups (broad SMARTS) is 1. The van der Waals surface area contributed by atoms with Crippen LogP contribution in [0.25, 0.3) is 0 Å². The summed E-state index contributed by atoms with van der Waals surface area (Å²) in [6, 6.07) is -0.694. The summed E-state index contributed by atoms with van der Waals surface area (Å²) in [5.41, 5.74) is 0.104. The third kappa shape index (κ3) is 3.01. The fourth-order valence-electron chi connectivity index (χ4n) is 3.26. The van der Waals surface area contributed by atoms with Gasteiger partial charge < -0.3 is 15.3 Å². The van der Waals surface area contributed by atoms with Gasteiger partial charge in [0, 0.05) is 12.6 Å². The van der Waals surface area contributed by atoms with Gasteiger partial charge >= 0.3 is 12.0 Å². The zero-order valence-electron chi connectivity index (χ0n) is 11.8. The molecule has 19 heavy (non-hydrogen) atoms. The monoisotopic (exact) mass is 268 g/mol. The predicted octanol–water partition coefficient (Wildman–Crippen LogP) is 2.21. The van der Waals surface area contributed by atoms with Crippen molar-refractivity contribution in [1.29, 1.82) is 0 Å². The lowest BCUT2D eigenvalue weighted by molar-refractivity contribution is -0.141. The Balaban J connectivity index is 1.98. The normalized spacial score (nSPS) is 30.1. The number of carboxylic acids is 1. The van der Waals surface area contributed by atoms with Crippen LogP contribution >= 0.6 is 0 Å². The van der Waals surface area contributed by atoms with Gasteiger partial charge in [0.2, 0.25) is 0 Å². The van der Waals surface area contributed by atoms with E-state index in [0.717, 1.165) is 25.7 Å². The van der Waals surface area contributed by atoms with E-state index < -0.39 is 12.0 Å². The first-order valence-electron chi connectivity index (χ1n) is 7.22. The Morgan fingerprint density at radius 3 is 2.58 bits per heavy atom. The quantitative estimate of drug-likeness (QED) is 0.806. The molecule has 108 valence electrons. The zero-order valence-corrected chi connectivity index (χ0v) is 11.8. The Labute approximate surface area is 114 Å². The van der Waals surface area contributed by atoms with Gasteiger partial charge in [-0.05, 0) is 31.1 Å². The van der Waals surface area contributed by atoms with Crippen molar-refractivity contribution in [2.24, 2.45) is 5.41 Å². The van der Waals surface area contributed by atoms with Gasteiger partial charge in [-0.3, -0.25) is 0 Å². The molecule has 5 heteroatoms. The molecule has 5 nitrogen and oxygen atoms in total. The van der Waals surface area contributed by atoms with E-state index in [2.05, 4.69) is 19.2 Å². The van der Waals surface area contributed by atoms with Gasteiger partial charge in [0.1, 0.15) is 6.04 Å². The zero-order chi connectivity index (χ0) is 14.0. The SMILES string of the molecule is CC1(C)CCCCC1NC(=O)N1CCCC1C(=O)O. The molecule has 1 saturated carbocycles. The fourth-order valence-corrected chi connectivity index (χ4v) is 3.26. The number of amides is 2. The van der Waals surface area contributed by atoms with Crippen molar-refractivity contribution in [1.82, 2.24) is 10.2 Å². The van der Waals surface area contributed by atoms with E-state index in [-0.39, 0.29) is 17.5 Å². The van der Waals surface area contributed by atoms with Crippen molar-refractivity contribution in [3.05, 3.63) is 0 Å². The predicted molar refractivity (Wildman–Crippen MR) is 71.9 cm³/mol. The van der Waals surface area contributed by atoms with Crippen LogP contribution in [-0.2, 0) is 4.79 Å². The third-order valence-corrected chi connectivity index (χ3v) is 4.60. The Morgan fingerprint density at radius 1 is 1.21 bits per heavy atom. The van der Waals surface area contributed by atoms with Gasteiger partial charge in [0.25, 0.3) is 0 Å². The number of rotatable bonds is 2. The van der Waals surface area contributed by atoms with E-state index in [0.29, 0.717) is 13.0 Å². The minimum atomic E-state index is -0.893. The molecule has 2 fully saturated rings. The summed E-state index contributed by atoms with van der Waals surface area (Å²) < 4.78 is 0. The van der Waals surface area contributed by atoms with Crippen LogP contribution in [0.2, 0.25) is 0 Å². The summed E-state index contributed by atoms with van der Waals surface area (Å²) in [4.78, 5) is 24.9. The van der Waals surface area contributed by atoms with Crippen LogP contribution < -0.4 is 5.32 Å². The molecule has 2 unspecified atom stereocenters. The van der Waals surface area contributed by atoms with E-state index >= 15 is 0 Å². The van der Waals surface area contributed by atoms with Gasteiger partial charge in [-0.15, -0.1) is 0 Å². The Kier molecular flexibility index (Phi) is 4.02. The van der Waals surface area contributed by atoms with Crippen LogP contribution in [0.5, 0.6) is 0 Å². The molecule has 1 aliphatic heterocycles. The molecular weight excluding hydrogens is 244 g/mol. The standard InChI is InChI=1S/C14H24N2O3/c1-14(2)8-4-3-7-11(14)15-13(19)16-9-5-6-10(16)12(17)18/h10-11H,3-9H2,1-2H3,(H,15,19)(H,17,18). The number of hydrogen-bond acceptors (Lipinski definition) is 2. The van der Waals surface area contributed by atoms with Crippen LogP contribution in [0, 0.1) is 5.41 Å². The number of urea groups is 1. The summed E-state index contributed by atoms with van der Waals surface area (Å²) >= 11 is 0. The molecule has 1 aliphatic carbocycles. The molecule has 0 aromatic rings. The Morgan fingerprint density at radius 2 is 1.95 bits per heavy atom. The lowest BCUT2D eigenvalue weighted by atomic mass is 9.73. The van der Waals surface area contributed by atoms with E-state index in [9.17, 15) is 9.59 Å². The van der Waals surface area contributed by atoms with Crippen LogP contribution in [-0.4, -0.2) is 40.6 Å². The maximum atomic E-state index is 12.3. The number of carbonyl (C=O) groups is 2. The van der Waals surface area contributed by atoms with Gasteiger partial charge in [0.05, 0.1) is 0 Å². The maximum Gasteiger partial charge on any atom is 0.326 e. The second-order valence-electron chi connectivity index (χ2n) is 6.43. The highest BCUT2D eigenvalue weighted by Crippen LogP contribution is 2.35. The molecular formula is C14H24N2O3. The number of likely N-dealkylation sites (tertiary alicyclic amines) is 1. The van der Waals surface area contributed by atoms with Crippen molar-refractivity contribution < 1.29 is 14.7 Å². The molecule has 2 atom stereocenters. The van der Waals surface area contributed by atoms with E-state index in [1.54, 1.807) is 0 Å². The molecule has 2 amide bonds. The molecule has 2 aliphatic rings. The molecule has 1 saturated heterocycles. The second kappa shape index (κ2) is 5.39. The number of nitrogens with zero attached hydrogens (tertiary/aromatic N) is 1. The van der Waals surface area contributed by atoms with Gasteiger partial charge in [-0.1, -0.05) is 26.7 Å². The lowest BCUT2D eigenvalue weighted by Crippen LogP contribution is -2.53. The first kappa shape index (κ1) is 14.2. The minimum absolute atomic E-state index is 0.104. The van der Waals surface area contributed by atoms with Gasteiger partial charge in [-0.2, -0.15) is 0 Å². The lowest BCUT2D eigenvalue weighted by Gasteiger charge is -2.40. The second-order valence-corrected chi connectivity index (χ2v) is 6.43. The molecule has 2 rings (SSSR count). The first-order chi connectivity index (χ1) is 8.92. The Hall–Kier alpha value is -1.26. The van der Waals surface area contributed by atoms with Crippen molar-refractivity contribution >= 4 is 12.0 Å². The van der Waals surface area contributed by atoms with E-state index in [1.165, 1.54) is 11.3 Å². The smallest absolute Gasteiger partial charge is 0.326 e. The minimum Gasteiger partial charge on any atom is -0.480 e. The van der Waals surface area contributed by atoms with Gasteiger partial charge in [0.15, 0.2) is 0 Å². The first-order valence-corrected chi connectivity index (χ1v) is 7.22. The maximum absolute atomic E-state index is 12.3. The average molecular weight is 268 g/mol. The highest BCUT2D eigenvalue weighted by Gasteiger charge is 2.38. The fraction of sp³-hybridized carbons (Fsp3) is 0.857.